The fourth-order valence-corrected chi connectivity index (χ4v) is 3.11. The van der Waals surface area contributed by atoms with Crippen LogP contribution < -0.4 is 10.1 Å². The third-order valence-corrected chi connectivity index (χ3v) is 5.56. The average molecular weight is 420 g/mol. The topological polar surface area (TPSA) is 115 Å². The number of ether oxygens (including phenoxy) is 1. The molecule has 0 aliphatic heterocycles. The molecular formula is C18H17FN4O5S. The smallest absolute Gasteiger partial charge is 0.322 e. The molecule has 0 saturated heterocycles. The van der Waals surface area contributed by atoms with Crippen LogP contribution in [0.1, 0.15) is 0 Å². The Balaban J connectivity index is 1.61. The predicted octanol–water partition coefficient (Wildman–Crippen LogP) is 2.14. The van der Waals surface area contributed by atoms with Crippen molar-refractivity contribution >= 4 is 21.9 Å². The Bertz CT molecular complexity index is 1100. The number of anilines is 1. The summed E-state index contributed by atoms with van der Waals surface area (Å²) in [6.45, 7) is -0.333. The highest BCUT2D eigenvalue weighted by Crippen LogP contribution is 2.22. The van der Waals surface area contributed by atoms with Crippen molar-refractivity contribution in [3.63, 3.8) is 0 Å². The summed E-state index contributed by atoms with van der Waals surface area (Å²) < 4.78 is 48.7. The van der Waals surface area contributed by atoms with Crippen molar-refractivity contribution in [3.8, 4) is 17.2 Å². The maximum Gasteiger partial charge on any atom is 0.322 e. The van der Waals surface area contributed by atoms with E-state index < -0.39 is 21.7 Å². The molecule has 0 atom stereocenters. The fraction of sp³-hybridized carbons (Fsp3) is 0.167. The molecular weight excluding hydrogens is 403 g/mol. The molecule has 3 rings (SSSR count). The van der Waals surface area contributed by atoms with Gasteiger partial charge in [-0.2, -0.15) is 0 Å². The van der Waals surface area contributed by atoms with Crippen molar-refractivity contribution in [1.29, 1.82) is 0 Å². The van der Waals surface area contributed by atoms with Crippen molar-refractivity contribution < 1.29 is 26.8 Å². The standard InChI is InChI=1S/C18H17FN4O5S/c1-23(2)29(25,26)15-9-3-12(4-10-15)17-21-22-18(28-17)20-16(24)11-27-14-7-5-13(19)6-8-14/h3-10H,11H2,1-2H3,(H,20,22,24). The van der Waals surface area contributed by atoms with Gasteiger partial charge in [-0.25, -0.2) is 17.1 Å². The number of carbonyl (C=O) groups is 1. The zero-order chi connectivity index (χ0) is 21.0. The first kappa shape index (κ1) is 20.4. The molecule has 0 radical (unpaired) electrons. The quantitative estimate of drug-likeness (QED) is 0.623. The molecule has 0 unspecified atom stereocenters. The van der Waals surface area contributed by atoms with E-state index in [0.717, 1.165) is 4.31 Å². The van der Waals surface area contributed by atoms with Gasteiger partial charge in [0.05, 0.1) is 4.90 Å². The summed E-state index contributed by atoms with van der Waals surface area (Å²) in [5, 5.41) is 9.92. The minimum absolute atomic E-state index is 0.105. The SMILES string of the molecule is CN(C)S(=O)(=O)c1ccc(-c2nnc(NC(=O)COc3ccc(F)cc3)o2)cc1. The molecule has 0 aliphatic rings. The molecule has 0 saturated carbocycles. The van der Waals surface area contributed by atoms with E-state index in [1.54, 1.807) is 0 Å². The molecule has 3 aromatic rings. The largest absolute Gasteiger partial charge is 0.484 e. The number of nitrogens with one attached hydrogen (secondary N) is 1. The number of benzene rings is 2. The number of amides is 1. The minimum atomic E-state index is -3.54. The molecule has 29 heavy (non-hydrogen) atoms. The van der Waals surface area contributed by atoms with Crippen LogP contribution in [0.25, 0.3) is 11.5 Å². The van der Waals surface area contributed by atoms with Crippen LogP contribution in [0.5, 0.6) is 5.75 Å². The first-order valence-corrected chi connectivity index (χ1v) is 9.74. The second-order valence-electron chi connectivity index (χ2n) is 6.01. The Hall–Kier alpha value is -3.31. The highest BCUT2D eigenvalue weighted by molar-refractivity contribution is 7.89. The van der Waals surface area contributed by atoms with Crippen LogP contribution >= 0.6 is 0 Å². The lowest BCUT2D eigenvalue weighted by molar-refractivity contribution is -0.118. The van der Waals surface area contributed by atoms with Crippen LogP contribution in [-0.4, -0.2) is 49.5 Å². The summed E-state index contributed by atoms with van der Waals surface area (Å²) in [7, 11) is -0.662. The number of sulfonamides is 1. The van der Waals surface area contributed by atoms with Gasteiger partial charge < -0.3 is 9.15 Å². The Kier molecular flexibility index (Phi) is 5.89. The lowest BCUT2D eigenvalue weighted by Crippen LogP contribution is -2.22. The van der Waals surface area contributed by atoms with E-state index in [9.17, 15) is 17.6 Å². The van der Waals surface area contributed by atoms with E-state index in [4.69, 9.17) is 9.15 Å². The number of hydrogen-bond donors (Lipinski definition) is 1. The third-order valence-electron chi connectivity index (χ3n) is 3.73. The van der Waals surface area contributed by atoms with Gasteiger partial charge in [-0.05, 0) is 48.5 Å². The number of nitrogens with zero attached hydrogens (tertiary/aromatic N) is 3. The first-order chi connectivity index (χ1) is 13.8. The molecule has 1 heterocycles. The van der Waals surface area contributed by atoms with E-state index in [2.05, 4.69) is 15.5 Å². The van der Waals surface area contributed by atoms with Crippen molar-refractivity contribution in [1.82, 2.24) is 14.5 Å². The average Bonchev–Trinajstić information content (AvgIpc) is 3.16. The van der Waals surface area contributed by atoms with Gasteiger partial charge in [0.25, 0.3) is 5.91 Å². The summed E-state index contributed by atoms with van der Waals surface area (Å²) in [5.41, 5.74) is 0.485. The Morgan fingerprint density at radius 1 is 1.10 bits per heavy atom. The number of halogens is 1. The van der Waals surface area contributed by atoms with E-state index in [1.165, 1.54) is 62.6 Å². The molecule has 0 aliphatic carbocycles. The van der Waals surface area contributed by atoms with Gasteiger partial charge >= 0.3 is 6.01 Å². The number of rotatable bonds is 7. The zero-order valence-corrected chi connectivity index (χ0v) is 16.3. The highest BCUT2D eigenvalue weighted by atomic mass is 32.2. The van der Waals surface area contributed by atoms with Crippen molar-refractivity contribution in [2.75, 3.05) is 26.0 Å². The fourth-order valence-electron chi connectivity index (χ4n) is 2.21. The monoisotopic (exact) mass is 420 g/mol. The maximum atomic E-state index is 12.8. The third kappa shape index (κ3) is 4.95. The van der Waals surface area contributed by atoms with E-state index in [1.807, 2.05) is 0 Å². The van der Waals surface area contributed by atoms with Crippen LogP contribution in [0.2, 0.25) is 0 Å². The summed E-state index contributed by atoms with van der Waals surface area (Å²) >= 11 is 0. The van der Waals surface area contributed by atoms with Crippen molar-refractivity contribution in [2.24, 2.45) is 0 Å². The number of aromatic nitrogens is 2. The van der Waals surface area contributed by atoms with Gasteiger partial charge in [-0.15, -0.1) is 5.10 Å². The van der Waals surface area contributed by atoms with Crippen molar-refractivity contribution in [2.45, 2.75) is 4.90 Å². The van der Waals surface area contributed by atoms with Gasteiger partial charge in [0.1, 0.15) is 11.6 Å². The molecule has 0 fully saturated rings. The molecule has 1 aromatic heterocycles. The lowest BCUT2D eigenvalue weighted by Gasteiger charge is -2.11. The molecule has 1 amide bonds. The predicted molar refractivity (Wildman–Crippen MR) is 101 cm³/mol. The second-order valence-corrected chi connectivity index (χ2v) is 8.17. The lowest BCUT2D eigenvalue weighted by atomic mass is 10.2. The first-order valence-electron chi connectivity index (χ1n) is 8.30. The molecule has 0 spiro atoms. The maximum absolute atomic E-state index is 12.8. The summed E-state index contributed by atoms with van der Waals surface area (Å²) in [5.74, 6) is -0.515. The van der Waals surface area contributed by atoms with Gasteiger partial charge in [0.2, 0.25) is 15.9 Å². The summed E-state index contributed by atoms with van der Waals surface area (Å²) in [6.07, 6.45) is 0. The normalized spacial score (nSPS) is 11.4. The number of carbonyl (C=O) groups excluding carboxylic acids is 1. The molecule has 11 heteroatoms. The van der Waals surface area contributed by atoms with Crippen LogP contribution in [-0.2, 0) is 14.8 Å². The van der Waals surface area contributed by atoms with Crippen molar-refractivity contribution in [3.05, 3.63) is 54.3 Å². The number of hydrogen-bond acceptors (Lipinski definition) is 7. The molecule has 0 bridgehead atoms. The Labute approximate surface area is 166 Å². The molecule has 152 valence electrons. The van der Waals surface area contributed by atoms with Crippen LogP contribution in [0.3, 0.4) is 0 Å². The van der Waals surface area contributed by atoms with E-state index in [-0.39, 0.29) is 23.4 Å². The van der Waals surface area contributed by atoms with Gasteiger partial charge in [0, 0.05) is 19.7 Å². The Morgan fingerprint density at radius 2 is 1.76 bits per heavy atom. The van der Waals surface area contributed by atoms with Gasteiger partial charge in [0.15, 0.2) is 6.61 Å². The van der Waals surface area contributed by atoms with Gasteiger partial charge in [-0.1, -0.05) is 5.10 Å². The van der Waals surface area contributed by atoms with Crippen LogP contribution in [0.4, 0.5) is 10.4 Å². The van der Waals surface area contributed by atoms with Crippen LogP contribution in [0.15, 0.2) is 57.8 Å². The highest BCUT2D eigenvalue weighted by Gasteiger charge is 2.18. The van der Waals surface area contributed by atoms with E-state index in [0.29, 0.717) is 11.3 Å². The molecule has 1 N–H and O–H groups in total. The second kappa shape index (κ2) is 8.37. The zero-order valence-electron chi connectivity index (χ0n) is 15.5. The van der Waals surface area contributed by atoms with E-state index >= 15 is 0 Å². The van der Waals surface area contributed by atoms with Gasteiger partial charge in [-0.3, -0.25) is 10.1 Å². The van der Waals surface area contributed by atoms with Crippen LogP contribution in [0, 0.1) is 5.82 Å². The molecule has 9 nitrogen and oxygen atoms in total. The minimum Gasteiger partial charge on any atom is -0.484 e. The Morgan fingerprint density at radius 3 is 2.38 bits per heavy atom. The molecule has 2 aromatic carbocycles. The summed E-state index contributed by atoms with van der Waals surface area (Å²) in [4.78, 5) is 12.0. The summed E-state index contributed by atoms with van der Waals surface area (Å²) in [6, 6.07) is 11.0.